The van der Waals surface area contributed by atoms with Crippen molar-refractivity contribution < 1.29 is 14.5 Å². The molecule has 0 heterocycles. The molecule has 7 heteroatoms. The van der Waals surface area contributed by atoms with Gasteiger partial charge in [-0.25, -0.2) is 0 Å². The molecule has 126 valence electrons. The molecule has 25 heavy (non-hydrogen) atoms. The summed E-state index contributed by atoms with van der Waals surface area (Å²) in [7, 11) is 0. The number of nitrogens with zero attached hydrogens (tertiary/aromatic N) is 1. The second kappa shape index (κ2) is 7.47. The Labute approximate surface area is 157 Å². The Morgan fingerprint density at radius 2 is 1.88 bits per heavy atom. The SMILES string of the molecule is O=CNc1cc(OCc2ccccc2)c2cc([N+](=O)[O-])ccc2c1I. The standard InChI is InChI=1S/C18H13IN2O4/c19-18-14-7-6-13(21(23)24)8-15(14)17(9-16(18)20-11-22)25-10-12-4-2-1-3-5-12/h1-9,11H,10H2,(H,20,22). The first kappa shape index (κ1) is 17.2. The van der Waals surface area contributed by atoms with E-state index >= 15 is 0 Å². The lowest BCUT2D eigenvalue weighted by molar-refractivity contribution is -0.384. The normalized spacial score (nSPS) is 10.4. The number of anilines is 1. The lowest BCUT2D eigenvalue weighted by Gasteiger charge is -2.14. The van der Waals surface area contributed by atoms with E-state index in [1.165, 1.54) is 12.1 Å². The van der Waals surface area contributed by atoms with Crippen molar-refractivity contribution >= 4 is 51.1 Å². The molecule has 1 N–H and O–H groups in total. The highest BCUT2D eigenvalue weighted by molar-refractivity contribution is 14.1. The summed E-state index contributed by atoms with van der Waals surface area (Å²) in [5.41, 5.74) is 1.56. The summed E-state index contributed by atoms with van der Waals surface area (Å²) >= 11 is 2.10. The predicted molar refractivity (Wildman–Crippen MR) is 104 cm³/mol. The first-order chi connectivity index (χ1) is 12.1. The second-order valence-corrected chi connectivity index (χ2v) is 6.34. The average Bonchev–Trinajstić information content (AvgIpc) is 2.63. The summed E-state index contributed by atoms with van der Waals surface area (Å²) in [6.07, 6.45) is 0.593. The topological polar surface area (TPSA) is 81.5 Å². The predicted octanol–water partition coefficient (Wildman–Crippen LogP) is 4.50. The maximum atomic E-state index is 11.1. The van der Waals surface area contributed by atoms with E-state index in [9.17, 15) is 14.9 Å². The van der Waals surface area contributed by atoms with Gasteiger partial charge in [-0.1, -0.05) is 30.3 Å². The van der Waals surface area contributed by atoms with Crippen molar-refractivity contribution in [2.45, 2.75) is 6.61 Å². The Bertz CT molecular complexity index is 945. The van der Waals surface area contributed by atoms with Crippen LogP contribution in [0.4, 0.5) is 11.4 Å². The second-order valence-electron chi connectivity index (χ2n) is 5.26. The molecular weight excluding hydrogens is 435 g/mol. The summed E-state index contributed by atoms with van der Waals surface area (Å²) in [6, 6.07) is 15.9. The van der Waals surface area contributed by atoms with Gasteiger partial charge in [-0.15, -0.1) is 0 Å². The zero-order valence-corrected chi connectivity index (χ0v) is 15.1. The van der Waals surface area contributed by atoms with Gasteiger partial charge in [0.25, 0.3) is 5.69 Å². The maximum absolute atomic E-state index is 11.1. The molecule has 0 fully saturated rings. The van der Waals surface area contributed by atoms with Crippen molar-refractivity contribution in [3.8, 4) is 5.75 Å². The van der Waals surface area contributed by atoms with E-state index in [4.69, 9.17) is 4.74 Å². The van der Waals surface area contributed by atoms with Gasteiger partial charge in [-0.05, 0) is 34.2 Å². The molecule has 0 aliphatic heterocycles. The number of nitro groups is 1. The fourth-order valence-corrected chi connectivity index (χ4v) is 3.26. The maximum Gasteiger partial charge on any atom is 0.270 e. The van der Waals surface area contributed by atoms with Crippen molar-refractivity contribution in [2.75, 3.05) is 5.32 Å². The molecule has 0 spiro atoms. The highest BCUT2D eigenvalue weighted by atomic mass is 127. The van der Waals surface area contributed by atoms with Crippen LogP contribution in [0.25, 0.3) is 10.8 Å². The van der Waals surface area contributed by atoms with E-state index in [2.05, 4.69) is 27.9 Å². The first-order valence-corrected chi connectivity index (χ1v) is 8.45. The van der Waals surface area contributed by atoms with Crippen LogP contribution in [-0.4, -0.2) is 11.3 Å². The fraction of sp³-hybridized carbons (Fsp3) is 0.0556. The van der Waals surface area contributed by atoms with Crippen LogP contribution in [-0.2, 0) is 11.4 Å². The smallest absolute Gasteiger partial charge is 0.270 e. The minimum Gasteiger partial charge on any atom is -0.488 e. The van der Waals surface area contributed by atoms with Crippen LogP contribution in [0, 0.1) is 13.7 Å². The third-order valence-corrected chi connectivity index (χ3v) is 4.84. The molecule has 0 saturated heterocycles. The number of fused-ring (bicyclic) bond motifs is 1. The largest absolute Gasteiger partial charge is 0.488 e. The lowest BCUT2D eigenvalue weighted by Crippen LogP contribution is -2.01. The van der Waals surface area contributed by atoms with Crippen molar-refractivity contribution in [1.29, 1.82) is 0 Å². The Kier molecular flexibility index (Phi) is 5.13. The van der Waals surface area contributed by atoms with Gasteiger partial charge in [0.1, 0.15) is 12.4 Å². The summed E-state index contributed by atoms with van der Waals surface area (Å²) in [4.78, 5) is 21.5. The molecule has 3 rings (SSSR count). The number of carbonyl (C=O) groups excluding carboxylic acids is 1. The number of non-ortho nitro benzene ring substituents is 1. The number of amides is 1. The van der Waals surface area contributed by atoms with Crippen LogP contribution in [0.2, 0.25) is 0 Å². The van der Waals surface area contributed by atoms with E-state index in [0.717, 1.165) is 14.5 Å². The molecule has 0 saturated carbocycles. The van der Waals surface area contributed by atoms with Crippen LogP contribution in [0.1, 0.15) is 5.56 Å². The molecule has 0 bridgehead atoms. The number of hydrogen-bond acceptors (Lipinski definition) is 4. The van der Waals surface area contributed by atoms with Crippen molar-refractivity contribution in [3.05, 3.63) is 73.8 Å². The number of benzene rings is 3. The molecule has 0 aliphatic rings. The molecule has 3 aromatic rings. The summed E-state index contributed by atoms with van der Waals surface area (Å²) < 4.78 is 6.69. The van der Waals surface area contributed by atoms with Gasteiger partial charge in [0, 0.05) is 32.5 Å². The van der Waals surface area contributed by atoms with Gasteiger partial charge in [-0.2, -0.15) is 0 Å². The molecule has 0 aliphatic carbocycles. The number of nitro benzene ring substituents is 1. The summed E-state index contributed by atoms with van der Waals surface area (Å²) in [5, 5.41) is 15.1. The quantitative estimate of drug-likeness (QED) is 0.261. The van der Waals surface area contributed by atoms with Gasteiger partial charge < -0.3 is 10.1 Å². The van der Waals surface area contributed by atoms with Crippen molar-refractivity contribution in [3.63, 3.8) is 0 Å². The fourth-order valence-electron chi connectivity index (χ4n) is 2.48. The molecule has 6 nitrogen and oxygen atoms in total. The minimum atomic E-state index is -0.440. The zero-order chi connectivity index (χ0) is 17.8. The van der Waals surface area contributed by atoms with Gasteiger partial charge in [-0.3, -0.25) is 14.9 Å². The van der Waals surface area contributed by atoms with E-state index in [1.54, 1.807) is 12.1 Å². The molecule has 0 unspecified atom stereocenters. The highest BCUT2D eigenvalue weighted by Crippen LogP contribution is 2.37. The Morgan fingerprint density at radius 1 is 1.12 bits per heavy atom. The lowest BCUT2D eigenvalue weighted by atomic mass is 10.1. The number of ether oxygens (including phenoxy) is 1. The van der Waals surface area contributed by atoms with Crippen LogP contribution < -0.4 is 10.1 Å². The highest BCUT2D eigenvalue weighted by Gasteiger charge is 2.15. The molecule has 3 aromatic carbocycles. The van der Waals surface area contributed by atoms with E-state index in [0.29, 0.717) is 29.8 Å². The van der Waals surface area contributed by atoms with E-state index < -0.39 is 4.92 Å². The number of nitrogens with one attached hydrogen (secondary N) is 1. The van der Waals surface area contributed by atoms with E-state index in [-0.39, 0.29) is 5.69 Å². The van der Waals surface area contributed by atoms with E-state index in [1.807, 2.05) is 30.3 Å². The average molecular weight is 448 g/mol. The van der Waals surface area contributed by atoms with Crippen LogP contribution in [0.3, 0.4) is 0 Å². The number of halogens is 1. The third-order valence-electron chi connectivity index (χ3n) is 3.68. The van der Waals surface area contributed by atoms with Gasteiger partial charge >= 0.3 is 0 Å². The van der Waals surface area contributed by atoms with Crippen LogP contribution in [0.15, 0.2) is 54.6 Å². The van der Waals surface area contributed by atoms with Gasteiger partial charge in [0.05, 0.1) is 10.6 Å². The monoisotopic (exact) mass is 448 g/mol. The van der Waals surface area contributed by atoms with Crippen LogP contribution in [0.5, 0.6) is 5.75 Å². The van der Waals surface area contributed by atoms with Gasteiger partial charge in [0.2, 0.25) is 6.41 Å². The number of hydrogen-bond donors (Lipinski definition) is 1. The number of rotatable bonds is 6. The van der Waals surface area contributed by atoms with Gasteiger partial charge in [0.15, 0.2) is 0 Å². The molecule has 1 amide bonds. The Hall–Kier alpha value is -2.68. The summed E-state index contributed by atoms with van der Waals surface area (Å²) in [6.45, 7) is 0.319. The Morgan fingerprint density at radius 3 is 2.56 bits per heavy atom. The Balaban J connectivity index is 2.09. The zero-order valence-electron chi connectivity index (χ0n) is 12.9. The molecule has 0 aromatic heterocycles. The van der Waals surface area contributed by atoms with Crippen molar-refractivity contribution in [1.82, 2.24) is 0 Å². The molecular formula is C18H13IN2O4. The molecule has 0 atom stereocenters. The molecule has 0 radical (unpaired) electrons. The first-order valence-electron chi connectivity index (χ1n) is 7.37. The van der Waals surface area contributed by atoms with Crippen molar-refractivity contribution in [2.24, 2.45) is 0 Å². The third kappa shape index (κ3) is 3.71. The van der Waals surface area contributed by atoms with Crippen LogP contribution >= 0.6 is 22.6 Å². The minimum absolute atomic E-state index is 0.0102. The summed E-state index contributed by atoms with van der Waals surface area (Å²) in [5.74, 6) is 0.479. The number of carbonyl (C=O) groups is 1.